The monoisotopic (exact) mass is 291 g/mol. The fraction of sp³-hybridized carbons (Fsp3) is 0.647. The second-order valence-corrected chi connectivity index (χ2v) is 6.10. The predicted octanol–water partition coefficient (Wildman–Crippen LogP) is 2.57. The molecule has 1 fully saturated rings. The second-order valence-electron chi connectivity index (χ2n) is 6.10. The van der Waals surface area contributed by atoms with Gasteiger partial charge in [0.25, 0.3) is 0 Å². The van der Waals surface area contributed by atoms with Gasteiger partial charge >= 0.3 is 0 Å². The molecular weight excluding hydrogens is 262 g/mol. The van der Waals surface area contributed by atoms with E-state index >= 15 is 0 Å². The van der Waals surface area contributed by atoms with E-state index in [4.69, 9.17) is 4.74 Å². The van der Waals surface area contributed by atoms with Gasteiger partial charge in [0.05, 0.1) is 7.11 Å². The van der Waals surface area contributed by atoms with Crippen molar-refractivity contribution in [2.24, 2.45) is 0 Å². The molecule has 0 bridgehead atoms. The maximum Gasteiger partial charge on any atom is 0.120 e. The van der Waals surface area contributed by atoms with Crippen molar-refractivity contribution in [2.45, 2.75) is 38.8 Å². The fourth-order valence-corrected chi connectivity index (χ4v) is 2.76. The Morgan fingerprint density at radius 1 is 1.29 bits per heavy atom. The number of nitrogens with zero attached hydrogens (tertiary/aromatic N) is 1. The molecule has 118 valence electrons. The Morgan fingerprint density at radius 3 is 2.71 bits per heavy atom. The lowest BCUT2D eigenvalue weighted by Gasteiger charge is -2.33. The molecule has 1 aliphatic heterocycles. The molecule has 4 nitrogen and oxygen atoms in total. The Kier molecular flexibility index (Phi) is 6.33. The number of hydrogen-bond acceptors (Lipinski definition) is 4. The molecule has 2 rings (SSSR count). The van der Waals surface area contributed by atoms with Crippen molar-refractivity contribution < 1.29 is 4.74 Å². The van der Waals surface area contributed by atoms with Crippen LogP contribution in [0.2, 0.25) is 0 Å². The van der Waals surface area contributed by atoms with Crippen LogP contribution in [0.3, 0.4) is 0 Å². The predicted molar refractivity (Wildman–Crippen MR) is 89.2 cm³/mol. The minimum atomic E-state index is 0.575. The molecule has 1 aromatic carbocycles. The molecule has 21 heavy (non-hydrogen) atoms. The summed E-state index contributed by atoms with van der Waals surface area (Å²) >= 11 is 0. The average Bonchev–Trinajstić information content (AvgIpc) is 2.49. The topological polar surface area (TPSA) is 36.5 Å². The number of rotatable bonds is 7. The molecule has 0 spiro atoms. The van der Waals surface area contributed by atoms with Gasteiger partial charge in [0.2, 0.25) is 0 Å². The van der Waals surface area contributed by atoms with Gasteiger partial charge in [-0.05, 0) is 25.0 Å². The molecule has 0 radical (unpaired) electrons. The van der Waals surface area contributed by atoms with Crippen LogP contribution in [0.15, 0.2) is 24.3 Å². The Hall–Kier alpha value is -1.26. The van der Waals surface area contributed by atoms with Gasteiger partial charge in [-0.25, -0.2) is 0 Å². The summed E-state index contributed by atoms with van der Waals surface area (Å²) in [7, 11) is 1.71. The lowest BCUT2D eigenvalue weighted by atomic mass is 10.0. The first kappa shape index (κ1) is 16.1. The molecule has 4 heteroatoms. The average molecular weight is 291 g/mol. The van der Waals surface area contributed by atoms with Crippen molar-refractivity contribution in [3.63, 3.8) is 0 Å². The number of anilines is 1. The number of piperidine rings is 1. The molecule has 0 aliphatic carbocycles. The summed E-state index contributed by atoms with van der Waals surface area (Å²) in [6.07, 6.45) is 2.41. The van der Waals surface area contributed by atoms with Crippen LogP contribution in [-0.4, -0.2) is 50.3 Å². The van der Waals surface area contributed by atoms with Crippen LogP contribution in [0.25, 0.3) is 0 Å². The number of nitrogens with one attached hydrogen (secondary N) is 2. The van der Waals surface area contributed by atoms with Gasteiger partial charge in [-0.3, -0.25) is 0 Å². The minimum absolute atomic E-state index is 0.575. The SMILES string of the molecule is COc1cccc(NC2CCN(CCNC(C)C)CC2)c1. The maximum absolute atomic E-state index is 5.27. The number of ether oxygens (including phenoxy) is 1. The van der Waals surface area contributed by atoms with Crippen LogP contribution >= 0.6 is 0 Å². The van der Waals surface area contributed by atoms with Crippen LogP contribution < -0.4 is 15.4 Å². The molecule has 1 aliphatic rings. The summed E-state index contributed by atoms with van der Waals surface area (Å²) in [5.74, 6) is 0.914. The Morgan fingerprint density at radius 2 is 2.05 bits per heavy atom. The highest BCUT2D eigenvalue weighted by Crippen LogP contribution is 2.20. The first-order chi connectivity index (χ1) is 10.2. The van der Waals surface area contributed by atoms with Crippen LogP contribution in [0.5, 0.6) is 5.75 Å². The molecule has 0 atom stereocenters. The fourth-order valence-electron chi connectivity index (χ4n) is 2.76. The summed E-state index contributed by atoms with van der Waals surface area (Å²) in [5.41, 5.74) is 1.16. The quantitative estimate of drug-likeness (QED) is 0.809. The molecule has 0 saturated carbocycles. The summed E-state index contributed by atoms with van der Waals surface area (Å²) in [6, 6.07) is 9.35. The van der Waals surface area contributed by atoms with E-state index in [9.17, 15) is 0 Å². The number of benzene rings is 1. The second kappa shape index (κ2) is 8.25. The van der Waals surface area contributed by atoms with Crippen molar-refractivity contribution in [1.82, 2.24) is 10.2 Å². The zero-order valence-corrected chi connectivity index (χ0v) is 13.6. The first-order valence-corrected chi connectivity index (χ1v) is 8.03. The van der Waals surface area contributed by atoms with E-state index in [2.05, 4.69) is 41.5 Å². The third-order valence-electron chi connectivity index (χ3n) is 4.01. The number of hydrogen-bond donors (Lipinski definition) is 2. The highest BCUT2D eigenvalue weighted by Gasteiger charge is 2.18. The van der Waals surface area contributed by atoms with Crippen molar-refractivity contribution >= 4 is 5.69 Å². The van der Waals surface area contributed by atoms with Crippen LogP contribution in [0.4, 0.5) is 5.69 Å². The third kappa shape index (κ3) is 5.56. The van der Waals surface area contributed by atoms with E-state index in [0.717, 1.165) is 24.5 Å². The van der Waals surface area contributed by atoms with Crippen molar-refractivity contribution in [1.29, 1.82) is 0 Å². The highest BCUT2D eigenvalue weighted by atomic mass is 16.5. The summed E-state index contributed by atoms with van der Waals surface area (Å²) < 4.78 is 5.27. The van der Waals surface area contributed by atoms with Crippen molar-refractivity contribution in [3.8, 4) is 5.75 Å². The Labute approximate surface area is 128 Å². The molecule has 1 heterocycles. The van der Waals surface area contributed by atoms with Gasteiger partial charge in [0.15, 0.2) is 0 Å². The van der Waals surface area contributed by atoms with Crippen LogP contribution in [0, 0.1) is 0 Å². The smallest absolute Gasteiger partial charge is 0.120 e. The Balaban J connectivity index is 1.71. The van der Waals surface area contributed by atoms with E-state index in [1.54, 1.807) is 7.11 Å². The molecular formula is C17H29N3O. The zero-order chi connectivity index (χ0) is 15.1. The van der Waals surface area contributed by atoms with Crippen molar-refractivity contribution in [3.05, 3.63) is 24.3 Å². The maximum atomic E-state index is 5.27. The third-order valence-corrected chi connectivity index (χ3v) is 4.01. The molecule has 0 aromatic heterocycles. The first-order valence-electron chi connectivity index (χ1n) is 8.03. The van der Waals surface area contributed by atoms with Crippen LogP contribution in [-0.2, 0) is 0 Å². The van der Waals surface area contributed by atoms with E-state index < -0.39 is 0 Å². The molecule has 0 amide bonds. The van der Waals surface area contributed by atoms with Gasteiger partial charge < -0.3 is 20.3 Å². The number of likely N-dealkylation sites (tertiary alicyclic amines) is 1. The van der Waals surface area contributed by atoms with E-state index in [-0.39, 0.29) is 0 Å². The van der Waals surface area contributed by atoms with E-state index in [1.807, 2.05) is 12.1 Å². The van der Waals surface area contributed by atoms with Gasteiger partial charge in [-0.1, -0.05) is 19.9 Å². The minimum Gasteiger partial charge on any atom is -0.497 e. The van der Waals surface area contributed by atoms with E-state index in [1.165, 1.54) is 25.9 Å². The number of methoxy groups -OCH3 is 1. The van der Waals surface area contributed by atoms with Gasteiger partial charge in [-0.2, -0.15) is 0 Å². The lowest BCUT2D eigenvalue weighted by molar-refractivity contribution is 0.218. The standard InChI is InChI=1S/C17H29N3O/c1-14(2)18-9-12-20-10-7-15(8-11-20)19-16-5-4-6-17(13-16)21-3/h4-6,13-15,18-19H,7-12H2,1-3H3. The molecule has 0 unspecified atom stereocenters. The molecule has 2 N–H and O–H groups in total. The lowest BCUT2D eigenvalue weighted by Crippen LogP contribution is -2.42. The summed E-state index contributed by atoms with van der Waals surface area (Å²) in [6.45, 7) is 9.01. The van der Waals surface area contributed by atoms with Gasteiger partial charge in [-0.15, -0.1) is 0 Å². The summed E-state index contributed by atoms with van der Waals surface area (Å²) in [4.78, 5) is 2.55. The molecule has 1 aromatic rings. The van der Waals surface area contributed by atoms with Crippen molar-refractivity contribution in [2.75, 3.05) is 38.6 Å². The van der Waals surface area contributed by atoms with Gasteiger partial charge in [0.1, 0.15) is 5.75 Å². The largest absolute Gasteiger partial charge is 0.497 e. The normalized spacial score (nSPS) is 17.1. The summed E-state index contributed by atoms with van der Waals surface area (Å²) in [5, 5.41) is 7.11. The van der Waals surface area contributed by atoms with E-state index in [0.29, 0.717) is 12.1 Å². The molecule has 1 saturated heterocycles. The Bertz CT molecular complexity index is 414. The highest BCUT2D eigenvalue weighted by molar-refractivity contribution is 5.48. The van der Waals surface area contributed by atoms with Crippen LogP contribution in [0.1, 0.15) is 26.7 Å². The van der Waals surface area contributed by atoms with Gasteiger partial charge in [0, 0.05) is 50.0 Å². The zero-order valence-electron chi connectivity index (χ0n) is 13.6.